The van der Waals surface area contributed by atoms with Crippen molar-refractivity contribution in [2.24, 2.45) is 0 Å². The number of carbonyl (C=O) groups excluding carboxylic acids is 1. The first kappa shape index (κ1) is 16.4. The Bertz CT molecular complexity index is 587. The van der Waals surface area contributed by atoms with E-state index in [-0.39, 0.29) is 5.91 Å². The first-order chi connectivity index (χ1) is 10.7. The predicted molar refractivity (Wildman–Crippen MR) is 89.3 cm³/mol. The maximum atomic E-state index is 12.0. The van der Waals surface area contributed by atoms with E-state index in [1.165, 1.54) is 4.90 Å². The van der Waals surface area contributed by atoms with Crippen molar-refractivity contribution in [1.29, 1.82) is 0 Å². The van der Waals surface area contributed by atoms with E-state index in [1.54, 1.807) is 31.1 Å². The molecule has 1 heterocycles. The summed E-state index contributed by atoms with van der Waals surface area (Å²) in [7, 11) is 0. The highest BCUT2D eigenvalue weighted by molar-refractivity contribution is 7.98. The van der Waals surface area contributed by atoms with Crippen LogP contribution in [0, 0.1) is 0 Å². The summed E-state index contributed by atoms with van der Waals surface area (Å²) in [6.45, 7) is 2.32. The van der Waals surface area contributed by atoms with E-state index in [0.29, 0.717) is 12.3 Å². The second-order valence-electron chi connectivity index (χ2n) is 4.84. The topological polar surface area (TPSA) is 51.2 Å². The molecule has 5 heteroatoms. The lowest BCUT2D eigenvalue weighted by Crippen LogP contribution is -2.37. The number of ether oxygens (including phenoxy) is 1. The zero-order valence-electron chi connectivity index (χ0n) is 12.8. The van der Waals surface area contributed by atoms with Crippen molar-refractivity contribution in [1.82, 2.24) is 10.3 Å². The fraction of sp³-hybridized carbons (Fsp3) is 0.294. The fourth-order valence-electron chi connectivity index (χ4n) is 1.93. The summed E-state index contributed by atoms with van der Waals surface area (Å²) in [5.41, 5.74) is 1.10. The number of nitrogens with one attached hydrogen (secondary N) is 1. The Hall–Kier alpha value is -2.01. The molecule has 1 N–H and O–H groups in total. The van der Waals surface area contributed by atoms with Crippen LogP contribution in [-0.4, -0.2) is 29.8 Å². The standard InChI is InChI=1S/C17H20N2O2S/c1-13(21-15-5-7-16(22-2)8-6-15)17(20)19-11-9-14-4-3-10-18-12-14/h3-8,10,12-13H,9,11H2,1-2H3,(H,19,20)/t13-/m1/s1. The Kier molecular flexibility index (Phi) is 6.27. The van der Waals surface area contributed by atoms with Crippen LogP contribution in [0.5, 0.6) is 5.75 Å². The van der Waals surface area contributed by atoms with E-state index in [4.69, 9.17) is 4.74 Å². The minimum atomic E-state index is -0.519. The first-order valence-electron chi connectivity index (χ1n) is 7.16. The number of hydrogen-bond acceptors (Lipinski definition) is 4. The number of hydrogen-bond donors (Lipinski definition) is 1. The number of carbonyl (C=O) groups is 1. The van der Waals surface area contributed by atoms with Crippen molar-refractivity contribution in [2.75, 3.05) is 12.8 Å². The lowest BCUT2D eigenvalue weighted by Gasteiger charge is -2.15. The molecule has 0 fully saturated rings. The Morgan fingerprint density at radius 3 is 2.73 bits per heavy atom. The largest absolute Gasteiger partial charge is 0.481 e. The number of thioether (sulfide) groups is 1. The van der Waals surface area contributed by atoms with E-state index >= 15 is 0 Å². The van der Waals surface area contributed by atoms with Gasteiger partial charge in [-0.3, -0.25) is 9.78 Å². The fourth-order valence-corrected chi connectivity index (χ4v) is 2.34. The van der Waals surface area contributed by atoms with Crippen LogP contribution in [-0.2, 0) is 11.2 Å². The summed E-state index contributed by atoms with van der Waals surface area (Å²) in [6.07, 6.45) is 5.80. The van der Waals surface area contributed by atoms with Crippen LogP contribution < -0.4 is 10.1 Å². The van der Waals surface area contributed by atoms with Crippen LogP contribution in [0.1, 0.15) is 12.5 Å². The molecule has 0 saturated carbocycles. The van der Waals surface area contributed by atoms with Crippen molar-refractivity contribution in [2.45, 2.75) is 24.3 Å². The molecule has 0 unspecified atom stereocenters. The van der Waals surface area contributed by atoms with Gasteiger partial charge >= 0.3 is 0 Å². The molecule has 0 aliphatic heterocycles. The SMILES string of the molecule is CSc1ccc(O[C@H](C)C(=O)NCCc2cccnc2)cc1. The third-order valence-corrected chi connectivity index (χ3v) is 3.92. The number of rotatable bonds is 7. The van der Waals surface area contributed by atoms with Crippen LogP contribution in [0.4, 0.5) is 0 Å². The monoisotopic (exact) mass is 316 g/mol. The van der Waals surface area contributed by atoms with Crippen LogP contribution >= 0.6 is 11.8 Å². The molecule has 2 rings (SSSR count). The minimum Gasteiger partial charge on any atom is -0.481 e. The Balaban J connectivity index is 1.76. The number of pyridine rings is 1. The normalized spacial score (nSPS) is 11.7. The molecule has 1 atom stereocenters. The van der Waals surface area contributed by atoms with Crippen molar-refractivity contribution in [3.8, 4) is 5.75 Å². The second kappa shape index (κ2) is 8.44. The zero-order valence-corrected chi connectivity index (χ0v) is 13.6. The number of amides is 1. The Labute approximate surface area is 135 Å². The number of nitrogens with zero attached hydrogens (tertiary/aromatic N) is 1. The molecule has 0 aliphatic rings. The van der Waals surface area contributed by atoms with Gasteiger partial charge in [0, 0.05) is 23.8 Å². The summed E-state index contributed by atoms with van der Waals surface area (Å²) in [5.74, 6) is 0.588. The molecule has 1 aromatic carbocycles. The van der Waals surface area contributed by atoms with E-state index < -0.39 is 6.10 Å². The van der Waals surface area contributed by atoms with Crippen molar-refractivity contribution < 1.29 is 9.53 Å². The average molecular weight is 316 g/mol. The van der Waals surface area contributed by atoms with Gasteiger partial charge in [0.1, 0.15) is 5.75 Å². The van der Waals surface area contributed by atoms with Gasteiger partial charge in [0.25, 0.3) is 5.91 Å². The van der Waals surface area contributed by atoms with Gasteiger partial charge in [0.15, 0.2) is 6.10 Å². The van der Waals surface area contributed by atoms with Gasteiger partial charge in [-0.05, 0) is 55.5 Å². The van der Waals surface area contributed by atoms with Gasteiger partial charge in [-0.15, -0.1) is 11.8 Å². The van der Waals surface area contributed by atoms with Crippen molar-refractivity contribution in [3.63, 3.8) is 0 Å². The summed E-state index contributed by atoms with van der Waals surface area (Å²) >= 11 is 1.67. The van der Waals surface area contributed by atoms with Crippen LogP contribution in [0.25, 0.3) is 0 Å². The van der Waals surface area contributed by atoms with Gasteiger partial charge in [-0.25, -0.2) is 0 Å². The highest BCUT2D eigenvalue weighted by Crippen LogP contribution is 2.19. The molecule has 0 aliphatic carbocycles. The van der Waals surface area contributed by atoms with E-state index in [0.717, 1.165) is 12.0 Å². The zero-order chi connectivity index (χ0) is 15.8. The van der Waals surface area contributed by atoms with E-state index in [1.807, 2.05) is 42.7 Å². The third-order valence-electron chi connectivity index (χ3n) is 3.18. The molecule has 2 aromatic rings. The average Bonchev–Trinajstić information content (AvgIpc) is 2.56. The molecular weight excluding hydrogens is 296 g/mol. The van der Waals surface area contributed by atoms with E-state index in [9.17, 15) is 4.79 Å². The highest BCUT2D eigenvalue weighted by atomic mass is 32.2. The highest BCUT2D eigenvalue weighted by Gasteiger charge is 2.13. The molecule has 0 spiro atoms. The van der Waals surface area contributed by atoms with E-state index in [2.05, 4.69) is 10.3 Å². The van der Waals surface area contributed by atoms with Crippen LogP contribution in [0.15, 0.2) is 53.7 Å². The van der Waals surface area contributed by atoms with Crippen molar-refractivity contribution in [3.05, 3.63) is 54.4 Å². The molecule has 4 nitrogen and oxygen atoms in total. The summed E-state index contributed by atoms with van der Waals surface area (Å²) in [5, 5.41) is 2.88. The summed E-state index contributed by atoms with van der Waals surface area (Å²) < 4.78 is 5.64. The Morgan fingerprint density at radius 2 is 2.09 bits per heavy atom. The van der Waals surface area contributed by atoms with Crippen LogP contribution in [0.2, 0.25) is 0 Å². The lowest BCUT2D eigenvalue weighted by atomic mass is 10.2. The molecular formula is C17H20N2O2S. The maximum Gasteiger partial charge on any atom is 0.260 e. The number of benzene rings is 1. The summed E-state index contributed by atoms with van der Waals surface area (Å²) in [4.78, 5) is 17.2. The van der Waals surface area contributed by atoms with Crippen LogP contribution in [0.3, 0.4) is 0 Å². The van der Waals surface area contributed by atoms with Gasteiger partial charge < -0.3 is 10.1 Å². The third kappa shape index (κ3) is 5.07. The smallest absolute Gasteiger partial charge is 0.260 e. The molecule has 1 amide bonds. The minimum absolute atomic E-state index is 0.113. The molecule has 1 aromatic heterocycles. The van der Waals surface area contributed by atoms with Gasteiger partial charge in [-0.2, -0.15) is 0 Å². The van der Waals surface area contributed by atoms with Gasteiger partial charge in [0.05, 0.1) is 0 Å². The first-order valence-corrected chi connectivity index (χ1v) is 8.39. The molecule has 0 radical (unpaired) electrons. The molecule has 116 valence electrons. The quantitative estimate of drug-likeness (QED) is 0.798. The van der Waals surface area contributed by atoms with Gasteiger partial charge in [-0.1, -0.05) is 6.07 Å². The lowest BCUT2D eigenvalue weighted by molar-refractivity contribution is -0.127. The maximum absolute atomic E-state index is 12.0. The number of aromatic nitrogens is 1. The molecule has 0 bridgehead atoms. The van der Waals surface area contributed by atoms with Crippen molar-refractivity contribution >= 4 is 17.7 Å². The molecule has 0 saturated heterocycles. The molecule has 22 heavy (non-hydrogen) atoms. The Morgan fingerprint density at radius 1 is 1.32 bits per heavy atom. The van der Waals surface area contributed by atoms with Gasteiger partial charge in [0.2, 0.25) is 0 Å². The summed E-state index contributed by atoms with van der Waals surface area (Å²) in [6, 6.07) is 11.6. The predicted octanol–water partition coefficient (Wildman–Crippen LogP) is 2.93. The second-order valence-corrected chi connectivity index (χ2v) is 5.72.